The molecular weight excluding hydrogens is 344 g/mol. The Kier molecular flexibility index (Phi) is 5.37. The summed E-state index contributed by atoms with van der Waals surface area (Å²) in [5.41, 5.74) is 3.73. The van der Waals surface area contributed by atoms with Crippen molar-refractivity contribution in [2.45, 2.75) is 66.0 Å². The molecule has 1 aliphatic carbocycles. The fourth-order valence-electron chi connectivity index (χ4n) is 3.79. The largest absolute Gasteiger partial charge is 0.349 e. The van der Waals surface area contributed by atoms with Crippen LogP contribution in [0, 0.1) is 19.3 Å². The minimum absolute atomic E-state index is 0.0117. The third-order valence-electron chi connectivity index (χ3n) is 5.53. The van der Waals surface area contributed by atoms with Gasteiger partial charge in [-0.15, -0.1) is 0 Å². The zero-order valence-electron chi connectivity index (χ0n) is 16.1. The standard InChI is InChI=1S/C21H28N2O2S/c1-14-15(2)26-20(25)23(14)12-10-19(24)22-18-13-21(3,4)11-9-16-7-5-6-8-17(16)18/h5-8,18H,9-13H2,1-4H3,(H,22,24)/t18-/m1/s1. The number of carbonyl (C=O) groups is 1. The molecule has 4 nitrogen and oxygen atoms in total. The van der Waals surface area contributed by atoms with Gasteiger partial charge in [-0.25, -0.2) is 0 Å². The van der Waals surface area contributed by atoms with E-state index in [1.807, 2.05) is 19.9 Å². The van der Waals surface area contributed by atoms with Crippen LogP contribution in [0.15, 0.2) is 29.1 Å². The van der Waals surface area contributed by atoms with Crippen LogP contribution in [0.1, 0.15) is 60.8 Å². The molecule has 0 fully saturated rings. The molecule has 0 saturated carbocycles. The van der Waals surface area contributed by atoms with Crippen LogP contribution in [0.25, 0.3) is 0 Å². The molecule has 0 unspecified atom stereocenters. The summed E-state index contributed by atoms with van der Waals surface area (Å²) >= 11 is 1.25. The van der Waals surface area contributed by atoms with Crippen molar-refractivity contribution in [3.05, 3.63) is 55.6 Å². The molecule has 1 aromatic carbocycles. The molecule has 140 valence electrons. The predicted octanol–water partition coefficient (Wildman–Crippen LogP) is 4.14. The topological polar surface area (TPSA) is 51.1 Å². The number of aromatic nitrogens is 1. The summed E-state index contributed by atoms with van der Waals surface area (Å²) in [6, 6.07) is 8.47. The maximum Gasteiger partial charge on any atom is 0.307 e. The molecule has 1 heterocycles. The number of rotatable bonds is 4. The van der Waals surface area contributed by atoms with Crippen molar-refractivity contribution in [2.24, 2.45) is 5.41 Å². The summed E-state index contributed by atoms with van der Waals surface area (Å²) in [5.74, 6) is 0.0117. The third kappa shape index (κ3) is 4.09. The average Bonchev–Trinajstić information content (AvgIpc) is 2.74. The number of fused-ring (bicyclic) bond motifs is 1. The van der Waals surface area contributed by atoms with E-state index in [0.717, 1.165) is 29.8 Å². The van der Waals surface area contributed by atoms with Crippen LogP contribution < -0.4 is 10.2 Å². The Balaban J connectivity index is 1.72. The molecule has 0 bridgehead atoms. The smallest absolute Gasteiger partial charge is 0.307 e. The first kappa shape index (κ1) is 18.9. The highest BCUT2D eigenvalue weighted by Crippen LogP contribution is 2.39. The molecule has 3 rings (SSSR count). The minimum atomic E-state index is 0.0117. The number of aryl methyl sites for hydroxylation is 2. The first-order valence-electron chi connectivity index (χ1n) is 9.31. The van der Waals surface area contributed by atoms with Crippen molar-refractivity contribution in [1.29, 1.82) is 0 Å². The summed E-state index contributed by atoms with van der Waals surface area (Å²) in [7, 11) is 0. The monoisotopic (exact) mass is 372 g/mol. The van der Waals surface area contributed by atoms with Gasteiger partial charge in [0.2, 0.25) is 5.91 Å². The van der Waals surface area contributed by atoms with Gasteiger partial charge in [-0.3, -0.25) is 9.59 Å². The lowest BCUT2D eigenvalue weighted by Crippen LogP contribution is -2.32. The second-order valence-electron chi connectivity index (χ2n) is 8.10. The van der Waals surface area contributed by atoms with Gasteiger partial charge in [-0.05, 0) is 49.7 Å². The van der Waals surface area contributed by atoms with Gasteiger partial charge in [0, 0.05) is 23.5 Å². The van der Waals surface area contributed by atoms with E-state index in [4.69, 9.17) is 0 Å². The fraction of sp³-hybridized carbons (Fsp3) is 0.524. The lowest BCUT2D eigenvalue weighted by molar-refractivity contribution is -0.122. The van der Waals surface area contributed by atoms with Crippen molar-refractivity contribution in [1.82, 2.24) is 9.88 Å². The molecule has 0 saturated heterocycles. The van der Waals surface area contributed by atoms with Gasteiger partial charge < -0.3 is 9.88 Å². The maximum absolute atomic E-state index is 12.6. The van der Waals surface area contributed by atoms with Crippen molar-refractivity contribution < 1.29 is 4.79 Å². The van der Waals surface area contributed by atoms with Crippen LogP contribution in [0.4, 0.5) is 0 Å². The Morgan fingerprint density at radius 3 is 2.73 bits per heavy atom. The van der Waals surface area contributed by atoms with Crippen LogP contribution in [-0.2, 0) is 17.8 Å². The number of benzene rings is 1. The Bertz CT molecular complexity index is 863. The van der Waals surface area contributed by atoms with Crippen molar-refractivity contribution in [3.63, 3.8) is 0 Å². The number of hydrogen-bond acceptors (Lipinski definition) is 3. The Hall–Kier alpha value is -1.88. The molecule has 1 atom stereocenters. The van der Waals surface area contributed by atoms with Crippen LogP contribution in [0.3, 0.4) is 0 Å². The molecule has 0 spiro atoms. The summed E-state index contributed by atoms with van der Waals surface area (Å²) in [5, 5.41) is 3.24. The number of nitrogens with one attached hydrogen (secondary N) is 1. The number of nitrogens with zero attached hydrogens (tertiary/aromatic N) is 1. The van der Waals surface area contributed by atoms with E-state index in [2.05, 4.69) is 37.4 Å². The maximum atomic E-state index is 12.6. The van der Waals surface area contributed by atoms with E-state index in [1.54, 1.807) is 4.57 Å². The molecule has 26 heavy (non-hydrogen) atoms. The summed E-state index contributed by atoms with van der Waals surface area (Å²) in [6.07, 6.45) is 3.44. The first-order chi connectivity index (χ1) is 12.3. The second kappa shape index (κ2) is 7.39. The van der Waals surface area contributed by atoms with Crippen LogP contribution in [-0.4, -0.2) is 10.5 Å². The Morgan fingerprint density at radius 2 is 2.04 bits per heavy atom. The van der Waals surface area contributed by atoms with E-state index in [9.17, 15) is 9.59 Å². The van der Waals surface area contributed by atoms with Gasteiger partial charge in [-0.2, -0.15) is 0 Å². The van der Waals surface area contributed by atoms with E-state index in [1.165, 1.54) is 22.5 Å². The van der Waals surface area contributed by atoms with E-state index in [-0.39, 0.29) is 22.2 Å². The molecule has 1 aliphatic rings. The van der Waals surface area contributed by atoms with Gasteiger partial charge in [0.15, 0.2) is 0 Å². The van der Waals surface area contributed by atoms with Gasteiger partial charge in [0.1, 0.15) is 0 Å². The predicted molar refractivity (Wildman–Crippen MR) is 107 cm³/mol. The second-order valence-corrected chi connectivity index (χ2v) is 9.26. The third-order valence-corrected chi connectivity index (χ3v) is 6.53. The highest BCUT2D eigenvalue weighted by atomic mass is 32.1. The van der Waals surface area contributed by atoms with Gasteiger partial charge >= 0.3 is 4.87 Å². The van der Waals surface area contributed by atoms with E-state index in [0.29, 0.717) is 13.0 Å². The van der Waals surface area contributed by atoms with Crippen LogP contribution >= 0.6 is 11.3 Å². The normalized spacial score (nSPS) is 18.8. The highest BCUT2D eigenvalue weighted by molar-refractivity contribution is 7.09. The van der Waals surface area contributed by atoms with Crippen molar-refractivity contribution in [3.8, 4) is 0 Å². The zero-order chi connectivity index (χ0) is 18.9. The molecule has 1 N–H and O–H groups in total. The van der Waals surface area contributed by atoms with Crippen molar-refractivity contribution >= 4 is 17.2 Å². The molecule has 1 amide bonds. The molecule has 0 aliphatic heterocycles. The molecule has 1 aromatic heterocycles. The van der Waals surface area contributed by atoms with Gasteiger partial charge in [-0.1, -0.05) is 49.4 Å². The van der Waals surface area contributed by atoms with E-state index < -0.39 is 0 Å². The molecule has 2 aromatic rings. The lowest BCUT2D eigenvalue weighted by Gasteiger charge is -2.27. The molecule has 5 heteroatoms. The summed E-state index contributed by atoms with van der Waals surface area (Å²) < 4.78 is 1.71. The van der Waals surface area contributed by atoms with Crippen LogP contribution in [0.5, 0.6) is 0 Å². The van der Waals surface area contributed by atoms with Crippen LogP contribution in [0.2, 0.25) is 0 Å². The van der Waals surface area contributed by atoms with E-state index >= 15 is 0 Å². The fourth-order valence-corrected chi connectivity index (χ4v) is 4.65. The summed E-state index contributed by atoms with van der Waals surface area (Å²) in [6.45, 7) is 8.88. The van der Waals surface area contributed by atoms with Gasteiger partial charge in [0.05, 0.1) is 6.04 Å². The Labute approximate surface area is 159 Å². The minimum Gasteiger partial charge on any atom is -0.349 e. The number of thiazole rings is 1. The zero-order valence-corrected chi connectivity index (χ0v) is 16.9. The lowest BCUT2D eigenvalue weighted by atomic mass is 9.83. The SMILES string of the molecule is Cc1sc(=O)n(CCC(=O)N[C@@H]2CC(C)(C)CCc3ccccc32)c1C. The number of amides is 1. The summed E-state index contributed by atoms with van der Waals surface area (Å²) in [4.78, 5) is 25.7. The molecule has 0 radical (unpaired) electrons. The van der Waals surface area contributed by atoms with Crippen molar-refractivity contribution in [2.75, 3.05) is 0 Å². The molecular formula is C21H28N2O2S. The first-order valence-corrected chi connectivity index (χ1v) is 10.1. The Morgan fingerprint density at radius 1 is 1.31 bits per heavy atom. The quantitative estimate of drug-likeness (QED) is 0.820. The highest BCUT2D eigenvalue weighted by Gasteiger charge is 2.30. The van der Waals surface area contributed by atoms with Gasteiger partial charge in [0.25, 0.3) is 0 Å². The number of hydrogen-bond donors (Lipinski definition) is 1. The number of carbonyl (C=O) groups excluding carboxylic acids is 1. The average molecular weight is 373 g/mol.